The molecule has 0 saturated heterocycles. The van der Waals surface area contributed by atoms with E-state index in [1.54, 1.807) is 0 Å². The summed E-state index contributed by atoms with van der Waals surface area (Å²) in [6.07, 6.45) is 0.974. The molecule has 3 N–H and O–H groups in total. The van der Waals surface area contributed by atoms with E-state index in [9.17, 15) is 14.4 Å². The molecule has 10 nitrogen and oxygen atoms in total. The zero-order chi connectivity index (χ0) is 23.2. The Balaban J connectivity index is 1.30. The number of benzene rings is 2. The molecule has 4 aromatic rings. The van der Waals surface area contributed by atoms with Crippen LogP contribution in [0.1, 0.15) is 17.7 Å². The van der Waals surface area contributed by atoms with E-state index in [0.29, 0.717) is 36.6 Å². The molecule has 0 atom stereocenters. The fourth-order valence-corrected chi connectivity index (χ4v) is 3.24. The average molecular weight is 445 g/mol. The molecule has 2 aromatic carbocycles. The molecule has 166 valence electrons. The zero-order valence-corrected chi connectivity index (χ0v) is 17.5. The van der Waals surface area contributed by atoms with E-state index in [2.05, 4.69) is 31.9 Å². The fraction of sp³-hybridized carbons (Fsp3) is 0.182. The molecular formula is C22H20FN9O. The van der Waals surface area contributed by atoms with Crippen molar-refractivity contribution in [1.29, 1.82) is 5.26 Å². The van der Waals surface area contributed by atoms with Gasteiger partial charge in [-0.3, -0.25) is 4.79 Å². The molecule has 0 aliphatic carbocycles. The van der Waals surface area contributed by atoms with Gasteiger partial charge in [-0.05, 0) is 42.3 Å². The number of tetrazole rings is 1. The number of aromatic nitrogens is 6. The van der Waals surface area contributed by atoms with Crippen LogP contribution in [0.4, 0.5) is 10.2 Å². The van der Waals surface area contributed by atoms with Crippen molar-refractivity contribution in [1.82, 2.24) is 35.3 Å². The van der Waals surface area contributed by atoms with Crippen LogP contribution in [0.5, 0.6) is 0 Å². The second kappa shape index (κ2) is 9.69. The molecule has 0 aliphatic rings. The molecule has 4 rings (SSSR count). The number of carbonyl (C=O) groups is 1. The first-order chi connectivity index (χ1) is 16.0. The first-order valence-electron chi connectivity index (χ1n) is 10.2. The first kappa shape index (κ1) is 21.6. The Morgan fingerprint density at radius 3 is 2.61 bits per heavy atom. The van der Waals surface area contributed by atoms with Crippen LogP contribution in [0.2, 0.25) is 0 Å². The number of anilines is 1. The van der Waals surface area contributed by atoms with Crippen molar-refractivity contribution in [2.24, 2.45) is 0 Å². The number of hydrogen-bond donors (Lipinski definition) is 2. The molecule has 0 aliphatic heterocycles. The highest BCUT2D eigenvalue weighted by Gasteiger charge is 2.16. The van der Waals surface area contributed by atoms with Gasteiger partial charge in [-0.25, -0.2) is 9.07 Å². The molecule has 2 heterocycles. The largest absolute Gasteiger partial charge is 0.382 e. The fourth-order valence-electron chi connectivity index (χ4n) is 3.24. The molecule has 33 heavy (non-hydrogen) atoms. The van der Waals surface area contributed by atoms with E-state index in [1.165, 1.54) is 33.7 Å². The molecule has 0 radical (unpaired) electrons. The van der Waals surface area contributed by atoms with E-state index in [0.717, 1.165) is 5.56 Å². The summed E-state index contributed by atoms with van der Waals surface area (Å²) in [6.45, 7) is 0.308. The van der Waals surface area contributed by atoms with Crippen LogP contribution in [0.3, 0.4) is 0 Å². The van der Waals surface area contributed by atoms with Gasteiger partial charge in [-0.2, -0.15) is 15.2 Å². The molecule has 0 bridgehead atoms. The van der Waals surface area contributed by atoms with E-state index in [-0.39, 0.29) is 29.7 Å². The quantitative estimate of drug-likeness (QED) is 0.395. The van der Waals surface area contributed by atoms with Gasteiger partial charge in [0.1, 0.15) is 29.8 Å². The first-order valence-corrected chi connectivity index (χ1v) is 10.2. The molecule has 2 aromatic heterocycles. The zero-order valence-electron chi connectivity index (χ0n) is 17.5. The molecule has 0 unspecified atom stereocenters. The third-order valence-corrected chi connectivity index (χ3v) is 4.86. The standard InChI is InChI=1S/C22H20FN9O/c23-16-8-10-17(11-9-16)32-21(25)18(13-24)19(28-32)7-4-12-26-20(33)14-31-29-22(27-30-31)15-5-2-1-3-6-15/h1-3,5-6,8-11H,4,7,12,14,25H2,(H,26,33). The van der Waals surface area contributed by atoms with Gasteiger partial charge in [0.25, 0.3) is 0 Å². The number of amides is 1. The number of nitrogen functional groups attached to an aromatic ring is 1. The number of carbonyl (C=O) groups excluding carboxylic acids is 1. The number of rotatable bonds is 8. The lowest BCUT2D eigenvalue weighted by Crippen LogP contribution is -2.29. The SMILES string of the molecule is N#Cc1c(CCCNC(=O)Cn2nnc(-c3ccccc3)n2)nn(-c2ccc(F)cc2)c1N. The lowest BCUT2D eigenvalue weighted by molar-refractivity contribution is -0.122. The number of nitrogens with zero attached hydrogens (tertiary/aromatic N) is 7. The Morgan fingerprint density at radius 2 is 1.88 bits per heavy atom. The van der Waals surface area contributed by atoms with Gasteiger partial charge in [0.2, 0.25) is 11.7 Å². The van der Waals surface area contributed by atoms with E-state index >= 15 is 0 Å². The molecule has 0 fully saturated rings. The van der Waals surface area contributed by atoms with E-state index in [4.69, 9.17) is 5.73 Å². The predicted octanol–water partition coefficient (Wildman–Crippen LogP) is 1.87. The lowest BCUT2D eigenvalue weighted by atomic mass is 10.1. The van der Waals surface area contributed by atoms with Crippen molar-refractivity contribution >= 4 is 11.7 Å². The Hall–Kier alpha value is -4.59. The van der Waals surface area contributed by atoms with Crippen molar-refractivity contribution in [3.05, 3.63) is 71.7 Å². The van der Waals surface area contributed by atoms with Crippen molar-refractivity contribution in [2.75, 3.05) is 12.3 Å². The minimum atomic E-state index is -0.377. The Kier molecular flexibility index (Phi) is 6.36. The number of hydrogen-bond acceptors (Lipinski definition) is 7. The summed E-state index contributed by atoms with van der Waals surface area (Å²) in [4.78, 5) is 13.4. The average Bonchev–Trinajstić information content (AvgIpc) is 3.42. The summed E-state index contributed by atoms with van der Waals surface area (Å²) in [6, 6.07) is 17.1. The minimum Gasteiger partial charge on any atom is -0.382 e. The van der Waals surface area contributed by atoms with Gasteiger partial charge >= 0.3 is 0 Å². The second-order valence-corrected chi connectivity index (χ2v) is 7.17. The van der Waals surface area contributed by atoms with Gasteiger partial charge < -0.3 is 11.1 Å². The highest BCUT2D eigenvalue weighted by Crippen LogP contribution is 2.21. The summed E-state index contributed by atoms with van der Waals surface area (Å²) in [7, 11) is 0. The number of nitrogens with two attached hydrogens (primary N) is 1. The summed E-state index contributed by atoms with van der Waals surface area (Å²) >= 11 is 0. The van der Waals surface area contributed by atoms with Gasteiger partial charge in [0, 0.05) is 12.1 Å². The Bertz CT molecular complexity index is 1290. The molecule has 1 amide bonds. The highest BCUT2D eigenvalue weighted by atomic mass is 19.1. The minimum absolute atomic E-state index is 0.0601. The summed E-state index contributed by atoms with van der Waals surface area (Å²) in [5.74, 6) is -0.00131. The van der Waals surface area contributed by atoms with Crippen LogP contribution in [0.25, 0.3) is 17.1 Å². The summed E-state index contributed by atoms with van der Waals surface area (Å²) < 4.78 is 14.6. The van der Waals surface area contributed by atoms with Gasteiger partial charge in [-0.1, -0.05) is 30.3 Å². The molecule has 0 spiro atoms. The number of halogens is 1. The lowest BCUT2D eigenvalue weighted by Gasteiger charge is -2.04. The molecule has 11 heteroatoms. The van der Waals surface area contributed by atoms with Crippen molar-refractivity contribution in [3.8, 4) is 23.1 Å². The maximum absolute atomic E-state index is 13.2. The highest BCUT2D eigenvalue weighted by molar-refractivity contribution is 5.75. The Labute approximate surface area is 188 Å². The van der Waals surface area contributed by atoms with Crippen LogP contribution in [0.15, 0.2) is 54.6 Å². The van der Waals surface area contributed by atoms with Crippen LogP contribution in [-0.2, 0) is 17.8 Å². The van der Waals surface area contributed by atoms with Crippen LogP contribution in [0, 0.1) is 17.1 Å². The number of nitriles is 1. The number of nitrogens with one attached hydrogen (secondary N) is 1. The van der Waals surface area contributed by atoms with Crippen LogP contribution in [-0.4, -0.2) is 42.4 Å². The topological polar surface area (TPSA) is 140 Å². The van der Waals surface area contributed by atoms with Crippen LogP contribution >= 0.6 is 0 Å². The van der Waals surface area contributed by atoms with Crippen molar-refractivity contribution in [3.63, 3.8) is 0 Å². The number of aryl methyl sites for hydroxylation is 1. The summed E-state index contributed by atoms with van der Waals surface area (Å²) in [5.41, 5.74) is 8.21. The predicted molar refractivity (Wildman–Crippen MR) is 117 cm³/mol. The summed E-state index contributed by atoms with van der Waals surface area (Å²) in [5, 5.41) is 28.7. The molecular weight excluding hydrogens is 425 g/mol. The van der Waals surface area contributed by atoms with Crippen molar-refractivity contribution < 1.29 is 9.18 Å². The van der Waals surface area contributed by atoms with Gasteiger partial charge in [0.05, 0.1) is 11.4 Å². The third kappa shape index (κ3) is 5.01. The maximum Gasteiger partial charge on any atom is 0.243 e. The van der Waals surface area contributed by atoms with E-state index < -0.39 is 0 Å². The van der Waals surface area contributed by atoms with Gasteiger partial charge in [0.15, 0.2) is 0 Å². The van der Waals surface area contributed by atoms with Crippen molar-refractivity contribution in [2.45, 2.75) is 19.4 Å². The third-order valence-electron chi connectivity index (χ3n) is 4.86. The van der Waals surface area contributed by atoms with E-state index in [1.807, 2.05) is 30.3 Å². The molecule has 0 saturated carbocycles. The second-order valence-electron chi connectivity index (χ2n) is 7.17. The normalized spacial score (nSPS) is 10.7. The monoisotopic (exact) mass is 445 g/mol. The maximum atomic E-state index is 13.2. The smallest absolute Gasteiger partial charge is 0.243 e. The van der Waals surface area contributed by atoms with Crippen LogP contribution < -0.4 is 11.1 Å². The Morgan fingerprint density at radius 1 is 1.12 bits per heavy atom. The van der Waals surface area contributed by atoms with Gasteiger partial charge in [-0.15, -0.1) is 10.2 Å².